The summed E-state index contributed by atoms with van der Waals surface area (Å²) in [6.07, 6.45) is 0. The lowest BCUT2D eigenvalue weighted by Gasteiger charge is -2.37. The molecule has 5 nitrogen and oxygen atoms in total. The van der Waals surface area contributed by atoms with Crippen LogP contribution in [0.3, 0.4) is 0 Å². The maximum absolute atomic E-state index is 12.1. The minimum Gasteiger partial charge on any atom is -0.347 e. The maximum Gasteiger partial charge on any atom is 0.255 e. The first kappa shape index (κ1) is 15.1. The fourth-order valence-electron chi connectivity index (χ4n) is 1.78. The molecule has 108 valence electrons. The van der Waals surface area contributed by atoms with E-state index in [9.17, 15) is 4.79 Å². The number of anilines is 1. The Balaban J connectivity index is 1.84. The SMILES string of the molecule is C[C@@H](C(=O)NNc1ccccc1)N1CSC(=S)N(C)C1. The van der Waals surface area contributed by atoms with Crippen molar-refractivity contribution in [2.75, 3.05) is 25.0 Å². The van der Waals surface area contributed by atoms with Gasteiger partial charge in [0.2, 0.25) is 0 Å². The number of hydrazine groups is 1. The van der Waals surface area contributed by atoms with Gasteiger partial charge in [-0.1, -0.05) is 42.2 Å². The molecule has 2 rings (SSSR count). The van der Waals surface area contributed by atoms with Gasteiger partial charge in [-0.15, -0.1) is 0 Å². The van der Waals surface area contributed by atoms with Crippen molar-refractivity contribution in [3.8, 4) is 0 Å². The Morgan fingerprint density at radius 2 is 2.10 bits per heavy atom. The summed E-state index contributed by atoms with van der Waals surface area (Å²) in [6.45, 7) is 2.57. The van der Waals surface area contributed by atoms with E-state index >= 15 is 0 Å². The van der Waals surface area contributed by atoms with Gasteiger partial charge in [0, 0.05) is 7.05 Å². The lowest BCUT2D eigenvalue weighted by Crippen LogP contribution is -2.52. The molecule has 1 aromatic rings. The van der Waals surface area contributed by atoms with Crippen LogP contribution in [0.25, 0.3) is 0 Å². The molecule has 0 spiro atoms. The average Bonchev–Trinajstić information content (AvgIpc) is 2.48. The predicted octanol–water partition coefficient (Wildman–Crippen LogP) is 1.70. The highest BCUT2D eigenvalue weighted by Crippen LogP contribution is 2.19. The molecular formula is C13H18N4OS2. The fourth-order valence-corrected chi connectivity index (χ4v) is 2.85. The van der Waals surface area contributed by atoms with Crippen LogP contribution in [-0.2, 0) is 4.79 Å². The molecule has 0 bridgehead atoms. The largest absolute Gasteiger partial charge is 0.347 e. The molecule has 1 atom stereocenters. The summed E-state index contributed by atoms with van der Waals surface area (Å²) in [7, 11) is 1.94. The lowest BCUT2D eigenvalue weighted by molar-refractivity contribution is -0.125. The Kier molecular flexibility index (Phi) is 5.22. The van der Waals surface area contributed by atoms with Gasteiger partial charge in [-0.25, -0.2) is 0 Å². The van der Waals surface area contributed by atoms with E-state index in [1.54, 1.807) is 11.8 Å². The molecule has 0 aliphatic carbocycles. The first-order valence-corrected chi connectivity index (χ1v) is 7.70. The molecule has 1 aromatic carbocycles. The zero-order valence-electron chi connectivity index (χ0n) is 11.5. The van der Waals surface area contributed by atoms with Crippen LogP contribution in [0.15, 0.2) is 30.3 Å². The summed E-state index contributed by atoms with van der Waals surface area (Å²) >= 11 is 6.78. The van der Waals surface area contributed by atoms with Crippen molar-refractivity contribution in [3.63, 3.8) is 0 Å². The molecule has 1 fully saturated rings. The highest BCUT2D eigenvalue weighted by Gasteiger charge is 2.26. The molecule has 0 unspecified atom stereocenters. The quantitative estimate of drug-likeness (QED) is 0.652. The highest BCUT2D eigenvalue weighted by molar-refractivity contribution is 8.22. The third-order valence-corrected chi connectivity index (χ3v) is 4.77. The Morgan fingerprint density at radius 3 is 2.75 bits per heavy atom. The number of amides is 1. The van der Waals surface area contributed by atoms with Gasteiger partial charge in [0.25, 0.3) is 5.91 Å². The number of nitrogens with one attached hydrogen (secondary N) is 2. The number of carbonyl (C=O) groups is 1. The van der Waals surface area contributed by atoms with Gasteiger partial charge in [0.15, 0.2) is 0 Å². The van der Waals surface area contributed by atoms with Crippen LogP contribution in [-0.4, -0.2) is 45.7 Å². The molecule has 0 aromatic heterocycles. The Bertz CT molecular complexity index is 483. The topological polar surface area (TPSA) is 47.6 Å². The standard InChI is InChI=1S/C13H18N4OS2/c1-10(17-8-16(2)13(19)20-9-17)12(18)15-14-11-6-4-3-5-7-11/h3-7,10,14H,8-9H2,1-2H3,(H,15,18)/t10-/m0/s1. The van der Waals surface area contributed by atoms with Gasteiger partial charge in [-0.2, -0.15) is 0 Å². The van der Waals surface area contributed by atoms with Crippen LogP contribution in [0.5, 0.6) is 0 Å². The van der Waals surface area contributed by atoms with Crippen LogP contribution < -0.4 is 10.9 Å². The zero-order valence-corrected chi connectivity index (χ0v) is 13.1. The van der Waals surface area contributed by atoms with Crippen molar-refractivity contribution >= 4 is 39.9 Å². The fraction of sp³-hybridized carbons (Fsp3) is 0.385. The number of nitrogens with zero attached hydrogens (tertiary/aromatic N) is 2. The molecular weight excluding hydrogens is 292 g/mol. The van der Waals surface area contributed by atoms with Crippen LogP contribution in [0.1, 0.15) is 6.92 Å². The second kappa shape index (κ2) is 6.92. The summed E-state index contributed by atoms with van der Waals surface area (Å²) in [5.41, 5.74) is 6.50. The van der Waals surface area contributed by atoms with Crippen molar-refractivity contribution in [3.05, 3.63) is 30.3 Å². The van der Waals surface area contributed by atoms with Gasteiger partial charge in [0.05, 0.1) is 24.3 Å². The number of benzene rings is 1. The van der Waals surface area contributed by atoms with Gasteiger partial charge in [-0.3, -0.25) is 20.5 Å². The lowest BCUT2D eigenvalue weighted by atomic mass is 10.3. The number of carbonyl (C=O) groups excluding carboxylic acids is 1. The molecule has 0 radical (unpaired) electrons. The molecule has 0 saturated carbocycles. The molecule has 20 heavy (non-hydrogen) atoms. The van der Waals surface area contributed by atoms with Crippen LogP contribution in [0.2, 0.25) is 0 Å². The minimum atomic E-state index is -0.218. The third-order valence-electron chi connectivity index (χ3n) is 3.09. The van der Waals surface area contributed by atoms with Gasteiger partial charge in [-0.05, 0) is 19.1 Å². The molecule has 1 aliphatic heterocycles. The van der Waals surface area contributed by atoms with Crippen molar-refractivity contribution in [2.24, 2.45) is 0 Å². The summed E-state index contributed by atoms with van der Waals surface area (Å²) in [5, 5.41) is 0. The number of hydrogen-bond acceptors (Lipinski definition) is 5. The second-order valence-corrected chi connectivity index (χ2v) is 6.20. The van der Waals surface area contributed by atoms with E-state index < -0.39 is 0 Å². The summed E-state index contributed by atoms with van der Waals surface area (Å²) in [5.74, 6) is 0.680. The van der Waals surface area contributed by atoms with Gasteiger partial charge in [0.1, 0.15) is 4.32 Å². The van der Waals surface area contributed by atoms with Gasteiger partial charge < -0.3 is 4.90 Å². The predicted molar refractivity (Wildman–Crippen MR) is 87.2 cm³/mol. The van der Waals surface area contributed by atoms with E-state index in [1.807, 2.05) is 49.2 Å². The molecule has 1 saturated heterocycles. The highest BCUT2D eigenvalue weighted by atomic mass is 32.2. The van der Waals surface area contributed by atoms with E-state index in [-0.39, 0.29) is 11.9 Å². The normalized spacial score (nSPS) is 17.7. The second-order valence-electron chi connectivity index (χ2n) is 4.62. The summed E-state index contributed by atoms with van der Waals surface area (Å²) < 4.78 is 0.872. The number of hydrogen-bond donors (Lipinski definition) is 2. The molecule has 1 heterocycles. The van der Waals surface area contributed by atoms with Crippen molar-refractivity contribution in [1.82, 2.24) is 15.2 Å². The van der Waals surface area contributed by atoms with Crippen LogP contribution in [0, 0.1) is 0 Å². The molecule has 1 aliphatic rings. The van der Waals surface area contributed by atoms with Gasteiger partial charge >= 0.3 is 0 Å². The van der Waals surface area contributed by atoms with Crippen molar-refractivity contribution < 1.29 is 4.79 Å². The van der Waals surface area contributed by atoms with Crippen molar-refractivity contribution in [2.45, 2.75) is 13.0 Å². The number of thiocarbonyl (C=S) groups is 1. The number of thioether (sulfide) groups is 1. The number of para-hydroxylation sites is 1. The molecule has 2 N–H and O–H groups in total. The smallest absolute Gasteiger partial charge is 0.255 e. The van der Waals surface area contributed by atoms with Crippen molar-refractivity contribution in [1.29, 1.82) is 0 Å². The Labute approximate surface area is 128 Å². The Hall–Kier alpha value is -1.31. The third kappa shape index (κ3) is 3.84. The minimum absolute atomic E-state index is 0.0596. The van der Waals surface area contributed by atoms with E-state index in [1.165, 1.54) is 0 Å². The van der Waals surface area contributed by atoms with E-state index in [2.05, 4.69) is 15.8 Å². The molecule has 7 heteroatoms. The van der Waals surface area contributed by atoms with E-state index in [0.29, 0.717) is 6.67 Å². The summed E-state index contributed by atoms with van der Waals surface area (Å²) in [4.78, 5) is 16.2. The zero-order chi connectivity index (χ0) is 14.5. The van der Waals surface area contributed by atoms with E-state index in [0.717, 1.165) is 15.9 Å². The average molecular weight is 310 g/mol. The van der Waals surface area contributed by atoms with E-state index in [4.69, 9.17) is 12.2 Å². The summed E-state index contributed by atoms with van der Waals surface area (Å²) in [6, 6.07) is 9.33. The monoisotopic (exact) mass is 310 g/mol. The first-order valence-electron chi connectivity index (χ1n) is 6.31. The number of rotatable bonds is 4. The molecule has 1 amide bonds. The van der Waals surface area contributed by atoms with Crippen LogP contribution in [0.4, 0.5) is 5.69 Å². The van der Waals surface area contributed by atoms with Crippen LogP contribution >= 0.6 is 24.0 Å². The Morgan fingerprint density at radius 1 is 1.40 bits per heavy atom. The first-order chi connectivity index (χ1) is 9.58. The maximum atomic E-state index is 12.1.